The van der Waals surface area contributed by atoms with E-state index in [-0.39, 0.29) is 11.8 Å². The third kappa shape index (κ3) is 2.02. The summed E-state index contributed by atoms with van der Waals surface area (Å²) in [7, 11) is 0. The zero-order valence-electron chi connectivity index (χ0n) is 10.5. The molecule has 0 bridgehead atoms. The average molecular weight is 232 g/mol. The lowest BCUT2D eigenvalue weighted by atomic mass is 9.65. The Hall–Kier alpha value is -1.51. The lowest BCUT2D eigenvalue weighted by Crippen LogP contribution is -2.36. The highest BCUT2D eigenvalue weighted by molar-refractivity contribution is 5.82. The Morgan fingerprint density at radius 1 is 1.53 bits per heavy atom. The Morgan fingerprint density at radius 2 is 2.24 bits per heavy atom. The molecule has 3 unspecified atom stereocenters. The molecule has 1 amide bonds. The maximum absolute atomic E-state index is 12.0. The topological polar surface area (TPSA) is 55.1 Å². The molecule has 0 aromatic carbocycles. The van der Waals surface area contributed by atoms with Crippen LogP contribution in [0.4, 0.5) is 0 Å². The molecule has 1 heterocycles. The van der Waals surface area contributed by atoms with Crippen molar-refractivity contribution in [3.63, 3.8) is 0 Å². The van der Waals surface area contributed by atoms with E-state index < -0.39 is 0 Å². The highest BCUT2D eigenvalue weighted by Gasteiger charge is 2.41. The van der Waals surface area contributed by atoms with Gasteiger partial charge in [-0.3, -0.25) is 4.79 Å². The minimum atomic E-state index is 0.0968. The lowest BCUT2D eigenvalue weighted by molar-refractivity contribution is -0.126. The maximum atomic E-state index is 12.0. The molecule has 1 aliphatic carbocycles. The number of hydrogen-bond acceptors (Lipinski definition) is 2. The van der Waals surface area contributed by atoms with E-state index in [0.717, 1.165) is 12.1 Å². The third-order valence-corrected chi connectivity index (χ3v) is 4.17. The van der Waals surface area contributed by atoms with E-state index in [1.54, 1.807) is 6.08 Å². The molecule has 2 rings (SSSR count). The van der Waals surface area contributed by atoms with E-state index in [9.17, 15) is 4.79 Å². The highest BCUT2D eigenvalue weighted by atomic mass is 16.1. The van der Waals surface area contributed by atoms with Crippen molar-refractivity contribution in [1.29, 1.82) is 0 Å². The Kier molecular flexibility index (Phi) is 3.09. The van der Waals surface area contributed by atoms with E-state index >= 15 is 0 Å². The fraction of sp³-hybridized carbons (Fsp3) is 0.500. The third-order valence-electron chi connectivity index (χ3n) is 4.17. The monoisotopic (exact) mass is 232 g/mol. The molecule has 1 fully saturated rings. The van der Waals surface area contributed by atoms with Crippen LogP contribution in [0.25, 0.3) is 0 Å². The predicted molar refractivity (Wildman–Crippen MR) is 68.7 cm³/mol. The van der Waals surface area contributed by atoms with Gasteiger partial charge in [0.1, 0.15) is 0 Å². The average Bonchev–Trinajstić information content (AvgIpc) is 2.29. The molecule has 0 aromatic rings. The fourth-order valence-electron chi connectivity index (χ4n) is 2.78. The van der Waals surface area contributed by atoms with Gasteiger partial charge >= 0.3 is 0 Å². The summed E-state index contributed by atoms with van der Waals surface area (Å²) in [5, 5.41) is 2.98. The molecule has 3 atom stereocenters. The van der Waals surface area contributed by atoms with E-state index in [2.05, 4.69) is 18.8 Å². The summed E-state index contributed by atoms with van der Waals surface area (Å²) in [4.78, 5) is 12.0. The van der Waals surface area contributed by atoms with Crippen molar-refractivity contribution in [2.45, 2.75) is 26.7 Å². The minimum Gasteiger partial charge on any atom is -0.399 e. The Bertz CT molecular complexity index is 420. The normalized spacial score (nSPS) is 33.4. The number of fused-ring (bicyclic) bond motifs is 1. The van der Waals surface area contributed by atoms with Crippen LogP contribution in [-0.2, 0) is 4.79 Å². The van der Waals surface area contributed by atoms with E-state index in [0.29, 0.717) is 17.5 Å². The minimum absolute atomic E-state index is 0.0968. The van der Waals surface area contributed by atoms with Crippen LogP contribution < -0.4 is 11.1 Å². The largest absolute Gasteiger partial charge is 0.399 e. The second-order valence-electron chi connectivity index (χ2n) is 5.07. The summed E-state index contributed by atoms with van der Waals surface area (Å²) in [6.45, 7) is 7.74. The number of amides is 1. The number of carbonyl (C=O) groups excluding carboxylic acids is 1. The fourth-order valence-corrected chi connectivity index (χ4v) is 2.78. The first-order valence-corrected chi connectivity index (χ1v) is 6.15. The second-order valence-corrected chi connectivity index (χ2v) is 5.07. The molecule has 0 saturated heterocycles. The zero-order valence-corrected chi connectivity index (χ0v) is 10.5. The number of nitrogens with one attached hydrogen (secondary N) is 1. The second kappa shape index (κ2) is 4.40. The van der Waals surface area contributed by atoms with Crippen molar-refractivity contribution >= 4 is 5.91 Å². The van der Waals surface area contributed by atoms with E-state index in [1.165, 1.54) is 12.0 Å². The van der Waals surface area contributed by atoms with Gasteiger partial charge in [0, 0.05) is 17.3 Å². The Balaban J connectivity index is 2.35. The van der Waals surface area contributed by atoms with Gasteiger partial charge in [0.2, 0.25) is 5.91 Å². The quantitative estimate of drug-likeness (QED) is 0.716. The van der Waals surface area contributed by atoms with Crippen molar-refractivity contribution in [1.82, 2.24) is 5.32 Å². The van der Waals surface area contributed by atoms with Crippen molar-refractivity contribution < 1.29 is 4.79 Å². The summed E-state index contributed by atoms with van der Waals surface area (Å²) in [5.74, 6) is 1.25. The lowest BCUT2D eigenvalue weighted by Gasteiger charge is -2.39. The van der Waals surface area contributed by atoms with Gasteiger partial charge in [0.25, 0.3) is 0 Å². The molecule has 0 spiro atoms. The van der Waals surface area contributed by atoms with E-state index in [1.807, 2.05) is 13.0 Å². The molecule has 92 valence electrons. The highest BCUT2D eigenvalue weighted by Crippen LogP contribution is 2.46. The molecule has 1 aliphatic heterocycles. The first-order chi connectivity index (χ1) is 8.04. The van der Waals surface area contributed by atoms with Gasteiger partial charge in [0.05, 0.1) is 0 Å². The van der Waals surface area contributed by atoms with Crippen molar-refractivity contribution in [2.75, 3.05) is 0 Å². The molecule has 3 heteroatoms. The number of nitrogens with two attached hydrogens (primary N) is 1. The molecular weight excluding hydrogens is 212 g/mol. The summed E-state index contributed by atoms with van der Waals surface area (Å²) in [6, 6.07) is 0. The van der Waals surface area contributed by atoms with Crippen molar-refractivity contribution in [2.24, 2.45) is 23.5 Å². The number of carbonyl (C=O) groups is 1. The number of rotatable bonds is 2. The molecule has 1 saturated carbocycles. The summed E-state index contributed by atoms with van der Waals surface area (Å²) >= 11 is 0. The van der Waals surface area contributed by atoms with Crippen LogP contribution in [0.15, 0.2) is 35.7 Å². The molecule has 0 radical (unpaired) electrons. The van der Waals surface area contributed by atoms with Crippen LogP contribution in [0.2, 0.25) is 0 Å². The van der Waals surface area contributed by atoms with Crippen LogP contribution >= 0.6 is 0 Å². The molecule has 0 aromatic heterocycles. The standard InChI is InChI=1S/C14H20N2O/c1-4-10(15)7-13-8(2)11-5-6-12(11)9(3)14(17)16-13/h4,7,9,11-12H,1,5-6,15H2,2-3H3,(H,16,17)/b10-7+. The number of hydrogen-bond donors (Lipinski definition) is 2. The summed E-state index contributed by atoms with van der Waals surface area (Å²) in [5.41, 5.74) is 8.46. The molecule has 2 aliphatic rings. The zero-order chi connectivity index (χ0) is 12.6. The molecular formula is C14H20N2O. The van der Waals surface area contributed by atoms with Gasteiger partial charge in [-0.15, -0.1) is 0 Å². The van der Waals surface area contributed by atoms with Crippen LogP contribution in [0, 0.1) is 17.8 Å². The summed E-state index contributed by atoms with van der Waals surface area (Å²) < 4.78 is 0. The molecule has 17 heavy (non-hydrogen) atoms. The van der Waals surface area contributed by atoms with Crippen LogP contribution in [0.3, 0.4) is 0 Å². The number of allylic oxidation sites excluding steroid dienone is 3. The SMILES string of the molecule is C=C/C(N)=C\C1=C(C)C2CCC2C(C)C(=O)N1. The first kappa shape index (κ1) is 12.0. The molecule has 3 N–H and O–H groups in total. The van der Waals surface area contributed by atoms with Gasteiger partial charge in [-0.2, -0.15) is 0 Å². The van der Waals surface area contributed by atoms with Gasteiger partial charge in [0.15, 0.2) is 0 Å². The van der Waals surface area contributed by atoms with Crippen molar-refractivity contribution in [3.05, 3.63) is 35.7 Å². The predicted octanol–water partition coefficient (Wildman–Crippen LogP) is 2.08. The smallest absolute Gasteiger partial charge is 0.227 e. The Morgan fingerprint density at radius 3 is 2.76 bits per heavy atom. The van der Waals surface area contributed by atoms with E-state index in [4.69, 9.17) is 5.73 Å². The first-order valence-electron chi connectivity index (χ1n) is 6.15. The van der Waals surface area contributed by atoms with Crippen molar-refractivity contribution in [3.8, 4) is 0 Å². The maximum Gasteiger partial charge on any atom is 0.227 e. The van der Waals surface area contributed by atoms with Gasteiger partial charge < -0.3 is 11.1 Å². The van der Waals surface area contributed by atoms with Gasteiger partial charge in [-0.25, -0.2) is 0 Å². The van der Waals surface area contributed by atoms with Gasteiger partial charge in [-0.1, -0.05) is 13.5 Å². The summed E-state index contributed by atoms with van der Waals surface area (Å²) in [6.07, 6.45) is 5.75. The Labute approximate surface area is 102 Å². The molecule has 3 nitrogen and oxygen atoms in total. The van der Waals surface area contributed by atoms with Crippen LogP contribution in [0.5, 0.6) is 0 Å². The van der Waals surface area contributed by atoms with Gasteiger partial charge in [-0.05, 0) is 49.3 Å². The van der Waals surface area contributed by atoms with Crippen LogP contribution in [-0.4, -0.2) is 5.91 Å². The van der Waals surface area contributed by atoms with Crippen LogP contribution in [0.1, 0.15) is 26.7 Å².